The maximum atomic E-state index is 6.06. The van der Waals surface area contributed by atoms with E-state index in [4.69, 9.17) is 5.73 Å². The second kappa shape index (κ2) is 4.51. The molecule has 3 nitrogen and oxygen atoms in total. The highest BCUT2D eigenvalue weighted by Gasteiger charge is 2.10. The molecule has 0 radical (unpaired) electrons. The Morgan fingerprint density at radius 3 is 2.60 bits per heavy atom. The van der Waals surface area contributed by atoms with Crippen molar-refractivity contribution in [2.24, 2.45) is 5.73 Å². The molecule has 15 heavy (non-hydrogen) atoms. The van der Waals surface area contributed by atoms with Crippen LogP contribution in [-0.2, 0) is 6.42 Å². The number of benzene rings is 1. The topological polar surface area (TPSA) is 51.8 Å². The molecule has 0 aliphatic heterocycles. The summed E-state index contributed by atoms with van der Waals surface area (Å²) >= 11 is 1.33. The van der Waals surface area contributed by atoms with Crippen molar-refractivity contribution in [1.82, 2.24) is 9.59 Å². The largest absolute Gasteiger partial charge is 0.319 e. The average molecular weight is 219 g/mol. The zero-order valence-electron chi connectivity index (χ0n) is 8.55. The van der Waals surface area contributed by atoms with Crippen molar-refractivity contribution in [3.05, 3.63) is 46.5 Å². The molecule has 1 unspecified atom stereocenters. The molecule has 1 aromatic heterocycles. The van der Waals surface area contributed by atoms with Crippen LogP contribution in [0.1, 0.15) is 29.8 Å². The van der Waals surface area contributed by atoms with Crippen LogP contribution in [0.4, 0.5) is 0 Å². The van der Waals surface area contributed by atoms with Crippen LogP contribution in [0.2, 0.25) is 0 Å². The van der Waals surface area contributed by atoms with Crippen molar-refractivity contribution in [3.63, 3.8) is 0 Å². The van der Waals surface area contributed by atoms with E-state index < -0.39 is 0 Å². The second-order valence-corrected chi connectivity index (χ2v) is 4.01. The van der Waals surface area contributed by atoms with Crippen molar-refractivity contribution in [3.8, 4) is 0 Å². The van der Waals surface area contributed by atoms with Gasteiger partial charge in [0.05, 0.1) is 11.7 Å². The minimum absolute atomic E-state index is 0.158. The normalized spacial score (nSPS) is 12.7. The number of rotatable bonds is 3. The molecule has 0 saturated heterocycles. The molecule has 78 valence electrons. The zero-order valence-corrected chi connectivity index (χ0v) is 9.37. The van der Waals surface area contributed by atoms with Crippen LogP contribution in [0.3, 0.4) is 0 Å². The molecule has 1 heterocycles. The Balaban J connectivity index is 2.22. The standard InChI is InChI=1S/C11H13N3S/c1-2-8-3-5-9(6-4-8)11(12)10-7-15-14-13-10/h3-7,11H,2,12H2,1H3. The zero-order chi connectivity index (χ0) is 10.7. The third-order valence-electron chi connectivity index (χ3n) is 2.44. The minimum atomic E-state index is -0.158. The van der Waals surface area contributed by atoms with Gasteiger partial charge < -0.3 is 5.73 Å². The fourth-order valence-electron chi connectivity index (χ4n) is 1.44. The van der Waals surface area contributed by atoms with Gasteiger partial charge in [0, 0.05) is 5.38 Å². The lowest BCUT2D eigenvalue weighted by atomic mass is 10.0. The van der Waals surface area contributed by atoms with Crippen LogP contribution in [0.15, 0.2) is 29.6 Å². The van der Waals surface area contributed by atoms with E-state index >= 15 is 0 Å². The van der Waals surface area contributed by atoms with Crippen molar-refractivity contribution >= 4 is 11.5 Å². The lowest BCUT2D eigenvalue weighted by Gasteiger charge is -2.08. The number of nitrogens with zero attached hydrogens (tertiary/aromatic N) is 2. The molecule has 0 aliphatic rings. The van der Waals surface area contributed by atoms with E-state index in [-0.39, 0.29) is 6.04 Å². The fraction of sp³-hybridized carbons (Fsp3) is 0.273. The first kappa shape index (κ1) is 10.3. The highest BCUT2D eigenvalue weighted by molar-refractivity contribution is 7.03. The van der Waals surface area contributed by atoms with Crippen LogP contribution in [0.5, 0.6) is 0 Å². The predicted octanol–water partition coefficient (Wildman–Crippen LogP) is 2.15. The van der Waals surface area contributed by atoms with Gasteiger partial charge in [-0.25, -0.2) is 0 Å². The maximum Gasteiger partial charge on any atom is 0.0967 e. The minimum Gasteiger partial charge on any atom is -0.319 e. The van der Waals surface area contributed by atoms with Gasteiger partial charge in [-0.15, -0.1) is 5.10 Å². The number of aromatic nitrogens is 2. The lowest BCUT2D eigenvalue weighted by molar-refractivity contribution is 0.817. The average Bonchev–Trinajstić information content (AvgIpc) is 2.82. The molecule has 4 heteroatoms. The summed E-state index contributed by atoms with van der Waals surface area (Å²) in [6.45, 7) is 2.14. The summed E-state index contributed by atoms with van der Waals surface area (Å²) < 4.78 is 3.81. The van der Waals surface area contributed by atoms with Crippen molar-refractivity contribution in [2.75, 3.05) is 0 Å². The van der Waals surface area contributed by atoms with E-state index in [0.29, 0.717) is 0 Å². The molecule has 2 rings (SSSR count). The Hall–Kier alpha value is -1.26. The van der Waals surface area contributed by atoms with E-state index in [0.717, 1.165) is 17.7 Å². The Labute approximate surface area is 93.1 Å². The van der Waals surface area contributed by atoms with Gasteiger partial charge in [-0.2, -0.15) is 0 Å². The van der Waals surface area contributed by atoms with Gasteiger partial charge in [0.15, 0.2) is 0 Å². The van der Waals surface area contributed by atoms with Gasteiger partial charge in [-0.1, -0.05) is 35.7 Å². The van der Waals surface area contributed by atoms with E-state index in [1.54, 1.807) is 0 Å². The molecule has 0 amide bonds. The van der Waals surface area contributed by atoms with Crippen molar-refractivity contribution in [1.29, 1.82) is 0 Å². The van der Waals surface area contributed by atoms with Crippen LogP contribution in [-0.4, -0.2) is 9.59 Å². The van der Waals surface area contributed by atoms with Crippen LogP contribution < -0.4 is 5.73 Å². The Kier molecular flexibility index (Phi) is 3.08. The summed E-state index contributed by atoms with van der Waals surface area (Å²) in [5, 5.41) is 5.87. The van der Waals surface area contributed by atoms with E-state index in [1.165, 1.54) is 17.1 Å². The van der Waals surface area contributed by atoms with Gasteiger partial charge in [-0.05, 0) is 29.1 Å². The van der Waals surface area contributed by atoms with E-state index in [2.05, 4.69) is 40.8 Å². The summed E-state index contributed by atoms with van der Waals surface area (Å²) in [6.07, 6.45) is 1.05. The summed E-state index contributed by atoms with van der Waals surface area (Å²) in [5.41, 5.74) is 9.30. The summed E-state index contributed by atoms with van der Waals surface area (Å²) in [7, 11) is 0. The number of nitrogens with two attached hydrogens (primary N) is 1. The molecule has 1 aromatic carbocycles. The highest BCUT2D eigenvalue weighted by Crippen LogP contribution is 2.18. The van der Waals surface area contributed by atoms with Gasteiger partial charge in [0.2, 0.25) is 0 Å². The van der Waals surface area contributed by atoms with Crippen LogP contribution in [0.25, 0.3) is 0 Å². The predicted molar refractivity (Wildman–Crippen MR) is 61.8 cm³/mol. The smallest absolute Gasteiger partial charge is 0.0967 e. The SMILES string of the molecule is CCc1ccc(C(N)c2csnn2)cc1. The highest BCUT2D eigenvalue weighted by atomic mass is 32.1. The van der Waals surface area contributed by atoms with Crippen LogP contribution in [0, 0.1) is 0 Å². The Morgan fingerprint density at radius 1 is 1.33 bits per heavy atom. The molecule has 0 saturated carbocycles. The van der Waals surface area contributed by atoms with E-state index in [9.17, 15) is 0 Å². The molecule has 2 N–H and O–H groups in total. The summed E-state index contributed by atoms with van der Waals surface area (Å²) in [5.74, 6) is 0. The van der Waals surface area contributed by atoms with Gasteiger partial charge in [0.25, 0.3) is 0 Å². The van der Waals surface area contributed by atoms with Crippen molar-refractivity contribution < 1.29 is 0 Å². The van der Waals surface area contributed by atoms with Gasteiger partial charge >= 0.3 is 0 Å². The second-order valence-electron chi connectivity index (χ2n) is 3.40. The first-order valence-electron chi connectivity index (χ1n) is 4.92. The number of hydrogen-bond donors (Lipinski definition) is 1. The molecule has 0 aliphatic carbocycles. The molecular formula is C11H13N3S. The Bertz CT molecular complexity index is 408. The summed E-state index contributed by atoms with van der Waals surface area (Å²) in [6, 6.07) is 8.17. The Morgan fingerprint density at radius 2 is 2.07 bits per heavy atom. The first-order chi connectivity index (χ1) is 7.31. The molecule has 2 aromatic rings. The molecule has 1 atom stereocenters. The number of aryl methyl sites for hydroxylation is 1. The summed E-state index contributed by atoms with van der Waals surface area (Å²) in [4.78, 5) is 0. The third kappa shape index (κ3) is 2.22. The fourth-order valence-corrected chi connectivity index (χ4v) is 1.93. The monoisotopic (exact) mass is 219 g/mol. The molecular weight excluding hydrogens is 206 g/mol. The molecule has 0 fully saturated rings. The maximum absolute atomic E-state index is 6.06. The quantitative estimate of drug-likeness (QED) is 0.860. The molecule has 0 bridgehead atoms. The van der Waals surface area contributed by atoms with Crippen molar-refractivity contribution in [2.45, 2.75) is 19.4 Å². The number of hydrogen-bond acceptors (Lipinski definition) is 4. The van der Waals surface area contributed by atoms with E-state index in [1.807, 2.05) is 5.38 Å². The van der Waals surface area contributed by atoms with Crippen LogP contribution >= 0.6 is 11.5 Å². The first-order valence-corrected chi connectivity index (χ1v) is 5.76. The lowest BCUT2D eigenvalue weighted by Crippen LogP contribution is -2.12. The third-order valence-corrected chi connectivity index (χ3v) is 2.97. The van der Waals surface area contributed by atoms with Gasteiger partial charge in [0.1, 0.15) is 0 Å². The van der Waals surface area contributed by atoms with Gasteiger partial charge in [-0.3, -0.25) is 0 Å². The molecule has 0 spiro atoms.